The van der Waals surface area contributed by atoms with Crippen LogP contribution >= 0.6 is 11.8 Å². The molecule has 4 nitrogen and oxygen atoms in total. The molecule has 1 heterocycles. The SMILES string of the molecule is CSCC(C)(O)CNc1cccc(N)n1. The Morgan fingerprint density at radius 3 is 2.93 bits per heavy atom. The lowest BCUT2D eigenvalue weighted by molar-refractivity contribution is 0.0996. The summed E-state index contributed by atoms with van der Waals surface area (Å²) in [6, 6.07) is 5.38. The van der Waals surface area contributed by atoms with Crippen molar-refractivity contribution in [3.63, 3.8) is 0 Å². The number of aromatic nitrogens is 1. The van der Waals surface area contributed by atoms with Crippen LogP contribution < -0.4 is 11.1 Å². The quantitative estimate of drug-likeness (QED) is 0.705. The Morgan fingerprint density at radius 1 is 1.60 bits per heavy atom. The van der Waals surface area contributed by atoms with Gasteiger partial charge in [-0.05, 0) is 25.3 Å². The monoisotopic (exact) mass is 227 g/mol. The minimum absolute atomic E-state index is 0.463. The van der Waals surface area contributed by atoms with Crippen molar-refractivity contribution in [2.45, 2.75) is 12.5 Å². The van der Waals surface area contributed by atoms with Crippen molar-refractivity contribution in [3.05, 3.63) is 18.2 Å². The predicted octanol–water partition coefficient (Wildman–Crippen LogP) is 1.19. The first-order chi connectivity index (χ1) is 7.03. The third kappa shape index (κ3) is 4.40. The molecule has 0 aliphatic rings. The second-order valence-corrected chi connectivity index (χ2v) is 4.60. The summed E-state index contributed by atoms with van der Waals surface area (Å²) >= 11 is 1.61. The molecule has 1 aromatic heterocycles. The summed E-state index contributed by atoms with van der Waals surface area (Å²) in [5.41, 5.74) is 4.81. The number of rotatable bonds is 5. The molecule has 4 N–H and O–H groups in total. The van der Waals surface area contributed by atoms with Gasteiger partial charge in [0, 0.05) is 12.3 Å². The lowest BCUT2D eigenvalue weighted by atomic mass is 10.1. The first-order valence-electron chi connectivity index (χ1n) is 4.71. The van der Waals surface area contributed by atoms with Crippen LogP contribution in [0.1, 0.15) is 6.92 Å². The Hall–Kier alpha value is -0.940. The van der Waals surface area contributed by atoms with Gasteiger partial charge in [-0.2, -0.15) is 11.8 Å². The highest BCUT2D eigenvalue weighted by molar-refractivity contribution is 7.98. The zero-order chi connectivity index (χ0) is 11.3. The summed E-state index contributed by atoms with van der Waals surface area (Å²) in [5, 5.41) is 13.0. The van der Waals surface area contributed by atoms with Crippen LogP contribution in [0.4, 0.5) is 11.6 Å². The second kappa shape index (κ2) is 5.23. The van der Waals surface area contributed by atoms with Gasteiger partial charge in [0.15, 0.2) is 0 Å². The minimum Gasteiger partial charge on any atom is -0.387 e. The number of nitrogens with zero attached hydrogens (tertiary/aromatic N) is 1. The highest BCUT2D eigenvalue weighted by Crippen LogP contribution is 2.12. The van der Waals surface area contributed by atoms with Crippen molar-refractivity contribution >= 4 is 23.4 Å². The standard InChI is InChI=1S/C10H17N3OS/c1-10(14,7-15-2)6-12-9-5-3-4-8(11)13-9/h3-5,14H,6-7H2,1-2H3,(H3,11,12,13). The number of nitrogen functional groups attached to an aromatic ring is 1. The largest absolute Gasteiger partial charge is 0.387 e. The van der Waals surface area contributed by atoms with Gasteiger partial charge in [0.1, 0.15) is 11.6 Å². The number of hydrogen-bond donors (Lipinski definition) is 3. The van der Waals surface area contributed by atoms with Gasteiger partial charge in [-0.1, -0.05) is 6.07 Å². The predicted molar refractivity (Wildman–Crippen MR) is 66.1 cm³/mol. The second-order valence-electron chi connectivity index (χ2n) is 3.73. The summed E-state index contributed by atoms with van der Waals surface area (Å²) in [4.78, 5) is 4.09. The molecule has 1 atom stereocenters. The fourth-order valence-electron chi connectivity index (χ4n) is 1.19. The van der Waals surface area contributed by atoms with E-state index in [1.165, 1.54) is 0 Å². The first kappa shape index (κ1) is 12.1. The number of nitrogens with one attached hydrogen (secondary N) is 1. The van der Waals surface area contributed by atoms with Crippen LogP contribution in [-0.2, 0) is 0 Å². The molecule has 0 aromatic carbocycles. The van der Waals surface area contributed by atoms with Crippen LogP contribution in [0.5, 0.6) is 0 Å². The van der Waals surface area contributed by atoms with Crippen molar-refractivity contribution in [2.24, 2.45) is 0 Å². The van der Waals surface area contributed by atoms with Gasteiger partial charge in [0.05, 0.1) is 5.60 Å². The molecule has 1 unspecified atom stereocenters. The van der Waals surface area contributed by atoms with Crippen LogP contribution in [0.15, 0.2) is 18.2 Å². The number of aliphatic hydroxyl groups is 1. The molecule has 0 fully saturated rings. The highest BCUT2D eigenvalue weighted by atomic mass is 32.2. The van der Waals surface area contributed by atoms with Crippen LogP contribution in [0.2, 0.25) is 0 Å². The summed E-state index contributed by atoms with van der Waals surface area (Å²) < 4.78 is 0. The van der Waals surface area contributed by atoms with Gasteiger partial charge in [-0.15, -0.1) is 0 Å². The number of thioether (sulfide) groups is 1. The molecule has 0 aliphatic heterocycles. The van der Waals surface area contributed by atoms with E-state index in [-0.39, 0.29) is 0 Å². The van der Waals surface area contributed by atoms with Crippen molar-refractivity contribution in [2.75, 3.05) is 29.6 Å². The minimum atomic E-state index is -0.730. The Labute approximate surface area is 94.3 Å². The van der Waals surface area contributed by atoms with Crippen molar-refractivity contribution in [1.82, 2.24) is 4.98 Å². The first-order valence-corrected chi connectivity index (χ1v) is 6.10. The highest BCUT2D eigenvalue weighted by Gasteiger charge is 2.19. The zero-order valence-corrected chi connectivity index (χ0v) is 9.84. The van der Waals surface area contributed by atoms with Gasteiger partial charge in [-0.25, -0.2) is 4.98 Å². The van der Waals surface area contributed by atoms with E-state index in [9.17, 15) is 5.11 Å². The Morgan fingerprint density at radius 2 is 2.33 bits per heavy atom. The molecule has 0 amide bonds. The lowest BCUT2D eigenvalue weighted by Gasteiger charge is -2.22. The molecular formula is C10H17N3OS. The summed E-state index contributed by atoms with van der Waals surface area (Å²) in [6.45, 7) is 2.26. The van der Waals surface area contributed by atoms with Crippen molar-refractivity contribution in [3.8, 4) is 0 Å². The maximum Gasteiger partial charge on any atom is 0.128 e. The summed E-state index contributed by atoms with van der Waals surface area (Å²) in [5.74, 6) is 1.85. The average molecular weight is 227 g/mol. The molecule has 15 heavy (non-hydrogen) atoms. The molecule has 0 spiro atoms. The van der Waals surface area contributed by atoms with Gasteiger partial charge < -0.3 is 16.2 Å². The van der Waals surface area contributed by atoms with E-state index in [1.54, 1.807) is 24.8 Å². The van der Waals surface area contributed by atoms with E-state index in [0.29, 0.717) is 23.9 Å². The van der Waals surface area contributed by atoms with Crippen LogP contribution in [0.3, 0.4) is 0 Å². The van der Waals surface area contributed by atoms with Gasteiger partial charge >= 0.3 is 0 Å². The van der Waals surface area contributed by atoms with Crippen LogP contribution in [-0.4, -0.2) is 34.2 Å². The molecule has 5 heteroatoms. The van der Waals surface area contributed by atoms with E-state index >= 15 is 0 Å². The smallest absolute Gasteiger partial charge is 0.128 e. The third-order valence-corrected chi connectivity index (χ3v) is 2.79. The number of hydrogen-bond acceptors (Lipinski definition) is 5. The number of anilines is 2. The van der Waals surface area contributed by atoms with E-state index in [2.05, 4.69) is 10.3 Å². The Kier molecular flexibility index (Phi) is 4.23. The lowest BCUT2D eigenvalue weighted by Crippen LogP contribution is -2.36. The third-order valence-electron chi connectivity index (χ3n) is 1.88. The molecule has 0 saturated heterocycles. The molecule has 0 saturated carbocycles. The number of nitrogens with two attached hydrogens (primary N) is 1. The van der Waals surface area contributed by atoms with Gasteiger partial charge in [0.25, 0.3) is 0 Å². The van der Waals surface area contributed by atoms with Crippen molar-refractivity contribution < 1.29 is 5.11 Å². The molecule has 0 radical (unpaired) electrons. The topological polar surface area (TPSA) is 71.2 Å². The maximum atomic E-state index is 9.90. The average Bonchev–Trinajstić information content (AvgIpc) is 2.15. The summed E-state index contributed by atoms with van der Waals surface area (Å²) in [7, 11) is 0. The fourth-order valence-corrected chi connectivity index (χ4v) is 1.92. The van der Waals surface area contributed by atoms with Crippen LogP contribution in [0, 0.1) is 0 Å². The zero-order valence-electron chi connectivity index (χ0n) is 9.03. The van der Waals surface area contributed by atoms with E-state index in [1.807, 2.05) is 18.4 Å². The van der Waals surface area contributed by atoms with Crippen LogP contribution in [0.25, 0.3) is 0 Å². The Bertz CT molecular complexity index is 317. The molecular weight excluding hydrogens is 210 g/mol. The molecule has 1 aromatic rings. The Balaban J connectivity index is 2.49. The molecule has 0 bridgehead atoms. The van der Waals surface area contributed by atoms with E-state index < -0.39 is 5.60 Å². The fraction of sp³-hybridized carbons (Fsp3) is 0.500. The van der Waals surface area contributed by atoms with Crippen molar-refractivity contribution in [1.29, 1.82) is 0 Å². The van der Waals surface area contributed by atoms with E-state index in [0.717, 1.165) is 0 Å². The van der Waals surface area contributed by atoms with E-state index in [4.69, 9.17) is 5.73 Å². The van der Waals surface area contributed by atoms with Gasteiger partial charge in [-0.3, -0.25) is 0 Å². The summed E-state index contributed by atoms with van der Waals surface area (Å²) in [6.07, 6.45) is 1.97. The maximum absolute atomic E-state index is 9.90. The molecule has 1 rings (SSSR count). The molecule has 0 aliphatic carbocycles. The number of pyridine rings is 1. The molecule has 84 valence electrons. The normalized spacial score (nSPS) is 14.6. The van der Waals surface area contributed by atoms with Gasteiger partial charge in [0.2, 0.25) is 0 Å².